The molecular formula is C32H36F3N5O7. The second-order valence-electron chi connectivity index (χ2n) is 11.5. The zero-order valence-corrected chi connectivity index (χ0v) is 25.5. The predicted molar refractivity (Wildman–Crippen MR) is 164 cm³/mol. The average Bonchev–Trinajstić information content (AvgIpc) is 3.39. The predicted octanol–water partition coefficient (Wildman–Crippen LogP) is 3.65. The van der Waals surface area contributed by atoms with Crippen molar-refractivity contribution in [3.63, 3.8) is 0 Å². The molecule has 0 radical (unpaired) electrons. The molecule has 1 aliphatic carbocycles. The number of amides is 1. The van der Waals surface area contributed by atoms with Crippen molar-refractivity contribution in [2.24, 2.45) is 11.7 Å². The van der Waals surface area contributed by atoms with Crippen LogP contribution in [0.3, 0.4) is 0 Å². The van der Waals surface area contributed by atoms with Crippen molar-refractivity contribution in [2.75, 3.05) is 23.3 Å². The molecule has 0 bridgehead atoms. The van der Waals surface area contributed by atoms with E-state index in [-0.39, 0.29) is 24.5 Å². The monoisotopic (exact) mass is 659 g/mol. The lowest BCUT2D eigenvalue weighted by Gasteiger charge is -2.41. The van der Waals surface area contributed by atoms with Gasteiger partial charge in [-0.3, -0.25) is 19.4 Å². The Morgan fingerprint density at radius 1 is 0.979 bits per heavy atom. The maximum atomic E-state index is 14.5. The summed E-state index contributed by atoms with van der Waals surface area (Å²) in [5.74, 6) is -5.64. The number of fused-ring (bicyclic) bond motifs is 1. The van der Waals surface area contributed by atoms with Gasteiger partial charge in [-0.2, -0.15) is 0 Å². The molecule has 2 aliphatic rings. The molecule has 5 rings (SSSR count). The van der Waals surface area contributed by atoms with Gasteiger partial charge in [-0.25, -0.2) is 18.2 Å². The Hall–Kier alpha value is -4.60. The van der Waals surface area contributed by atoms with Gasteiger partial charge in [0, 0.05) is 43.5 Å². The number of halogens is 3. The molecule has 47 heavy (non-hydrogen) atoms. The molecule has 0 saturated carbocycles. The Kier molecular flexibility index (Phi) is 11.5. The lowest BCUT2D eigenvalue weighted by molar-refractivity contribution is -0.139. The summed E-state index contributed by atoms with van der Waals surface area (Å²) in [6.45, 7) is 2.64. The second-order valence-corrected chi connectivity index (χ2v) is 11.5. The van der Waals surface area contributed by atoms with Gasteiger partial charge >= 0.3 is 11.9 Å². The second kappa shape index (κ2) is 15.3. The maximum Gasteiger partial charge on any atom is 0.303 e. The molecule has 1 fully saturated rings. The number of anilines is 2. The summed E-state index contributed by atoms with van der Waals surface area (Å²) in [4.78, 5) is 43.2. The Balaban J connectivity index is 0.000000434. The molecule has 1 aromatic carbocycles. The highest BCUT2D eigenvalue weighted by molar-refractivity contribution is 6.05. The number of aliphatic hydroxyl groups is 2. The number of pyridine rings is 2. The first-order valence-corrected chi connectivity index (χ1v) is 15.0. The summed E-state index contributed by atoms with van der Waals surface area (Å²) < 4.78 is 43.1. The minimum atomic E-state index is -1.01. The summed E-state index contributed by atoms with van der Waals surface area (Å²) >= 11 is 0. The molecule has 0 unspecified atom stereocenters. The third-order valence-corrected chi connectivity index (χ3v) is 8.00. The first kappa shape index (κ1) is 35.3. The third kappa shape index (κ3) is 8.41. The highest BCUT2D eigenvalue weighted by atomic mass is 19.1. The molecule has 0 spiro atoms. The van der Waals surface area contributed by atoms with Crippen molar-refractivity contribution in [2.45, 2.75) is 63.7 Å². The fourth-order valence-corrected chi connectivity index (χ4v) is 5.67. The van der Waals surface area contributed by atoms with Crippen LogP contribution in [0.2, 0.25) is 0 Å². The summed E-state index contributed by atoms with van der Waals surface area (Å²) in [6.07, 6.45) is 2.01. The zero-order chi connectivity index (χ0) is 34.4. The van der Waals surface area contributed by atoms with E-state index in [1.807, 2.05) is 11.8 Å². The van der Waals surface area contributed by atoms with E-state index in [1.165, 1.54) is 6.20 Å². The summed E-state index contributed by atoms with van der Waals surface area (Å²) in [6, 6.07) is 4.61. The smallest absolute Gasteiger partial charge is 0.303 e. The van der Waals surface area contributed by atoms with E-state index in [0.29, 0.717) is 55.8 Å². The van der Waals surface area contributed by atoms with Crippen molar-refractivity contribution < 1.29 is 48.0 Å². The van der Waals surface area contributed by atoms with Crippen LogP contribution in [0.4, 0.5) is 24.5 Å². The molecule has 4 atom stereocenters. The van der Waals surface area contributed by atoms with E-state index >= 15 is 0 Å². The van der Waals surface area contributed by atoms with Crippen LogP contribution in [0.1, 0.15) is 66.9 Å². The largest absolute Gasteiger partial charge is 0.481 e. The first-order valence-electron chi connectivity index (χ1n) is 15.0. The number of carboxylic acids is 2. The summed E-state index contributed by atoms with van der Waals surface area (Å²) in [5, 5.41) is 39.7. The molecule has 15 heteroatoms. The van der Waals surface area contributed by atoms with E-state index in [2.05, 4.69) is 15.3 Å². The average molecular weight is 660 g/mol. The van der Waals surface area contributed by atoms with Crippen LogP contribution >= 0.6 is 0 Å². The molecule has 2 aromatic heterocycles. The van der Waals surface area contributed by atoms with E-state index in [4.69, 9.17) is 15.9 Å². The van der Waals surface area contributed by atoms with Crippen LogP contribution in [-0.2, 0) is 16.0 Å². The number of benzene rings is 1. The van der Waals surface area contributed by atoms with Gasteiger partial charge in [-0.05, 0) is 49.9 Å². The van der Waals surface area contributed by atoms with Crippen LogP contribution in [-0.4, -0.2) is 73.5 Å². The van der Waals surface area contributed by atoms with Gasteiger partial charge in [0.15, 0.2) is 0 Å². The van der Waals surface area contributed by atoms with E-state index < -0.39 is 64.8 Å². The lowest BCUT2D eigenvalue weighted by atomic mass is 9.92. The standard InChI is InChI=1S/C26H26F3N5O3.C6H10O4/c1-12-10-34(11-17(30)25(12)36)24-13-5-8-20(35)22(13)31-9-19(24)33-26(37)18-7-6-16(29)23(32-18)21-14(27)3-2-4-15(21)28;7-5(8)3-1-2-4-6(9)10/h2-4,6-7,9,12,17,20,25,35-36H,5,8,10-11,30H2,1H3,(H,33,37);1-4H2,(H,7,8)(H,9,10)/t12-,17+,20+,25+;/m0./s1. The van der Waals surface area contributed by atoms with Gasteiger partial charge < -0.3 is 36.4 Å². The highest BCUT2D eigenvalue weighted by Crippen LogP contribution is 2.41. The number of piperidine rings is 1. The van der Waals surface area contributed by atoms with E-state index in [1.54, 1.807) is 0 Å². The van der Waals surface area contributed by atoms with E-state index in [9.17, 15) is 37.8 Å². The number of carbonyl (C=O) groups excluding carboxylic acids is 1. The fourth-order valence-electron chi connectivity index (χ4n) is 5.67. The van der Waals surface area contributed by atoms with E-state index in [0.717, 1.165) is 35.9 Å². The van der Waals surface area contributed by atoms with Gasteiger partial charge in [0.05, 0.1) is 41.0 Å². The number of nitrogens with two attached hydrogens (primary N) is 1. The normalized spacial score (nSPS) is 20.2. The zero-order valence-electron chi connectivity index (χ0n) is 25.5. The quantitative estimate of drug-likeness (QED) is 0.183. The summed E-state index contributed by atoms with van der Waals surface area (Å²) in [5.41, 5.74) is 6.85. The molecule has 7 N–H and O–H groups in total. The first-order chi connectivity index (χ1) is 22.3. The van der Waals surface area contributed by atoms with Gasteiger partial charge in [0.25, 0.3) is 5.91 Å². The van der Waals surface area contributed by atoms with Crippen molar-refractivity contribution in [1.29, 1.82) is 0 Å². The molecule has 252 valence electrons. The molecule has 12 nitrogen and oxygen atoms in total. The van der Waals surface area contributed by atoms with Crippen LogP contribution in [0.15, 0.2) is 36.5 Å². The lowest BCUT2D eigenvalue weighted by Crippen LogP contribution is -2.56. The number of nitrogens with one attached hydrogen (secondary N) is 1. The number of aliphatic hydroxyl groups excluding tert-OH is 2. The number of hydrogen-bond donors (Lipinski definition) is 6. The molecule has 1 amide bonds. The topological polar surface area (TPSA) is 199 Å². The highest BCUT2D eigenvalue weighted by Gasteiger charge is 2.36. The Morgan fingerprint density at radius 3 is 2.21 bits per heavy atom. The number of carbonyl (C=O) groups is 3. The minimum Gasteiger partial charge on any atom is -0.481 e. The molecule has 1 aliphatic heterocycles. The van der Waals surface area contributed by atoms with Gasteiger partial charge in [-0.1, -0.05) is 13.0 Å². The van der Waals surface area contributed by atoms with Gasteiger partial charge in [0.1, 0.15) is 28.8 Å². The number of unbranched alkanes of at least 4 members (excludes halogenated alkanes) is 1. The number of nitrogens with zero attached hydrogens (tertiary/aromatic N) is 3. The number of rotatable bonds is 9. The fraction of sp³-hybridized carbons (Fsp3) is 0.406. The third-order valence-electron chi connectivity index (χ3n) is 8.00. The molecule has 3 aromatic rings. The van der Waals surface area contributed by atoms with Crippen LogP contribution in [0.25, 0.3) is 11.3 Å². The van der Waals surface area contributed by atoms with Gasteiger partial charge in [-0.15, -0.1) is 0 Å². The number of carboxylic acid groups (broad SMARTS) is 2. The van der Waals surface area contributed by atoms with Crippen molar-refractivity contribution >= 4 is 29.2 Å². The van der Waals surface area contributed by atoms with Gasteiger partial charge in [0.2, 0.25) is 0 Å². The van der Waals surface area contributed by atoms with Crippen molar-refractivity contribution in [3.05, 3.63) is 70.9 Å². The van der Waals surface area contributed by atoms with Crippen LogP contribution in [0.5, 0.6) is 0 Å². The SMILES string of the molecule is C[C@H]1CN(c2c(NC(=O)c3ccc(F)c(-c4c(F)cccc4F)n3)cnc3c2CC[C@H]3O)C[C@@H](N)[C@@H]1O.O=C(O)CCCCC(=O)O. The summed E-state index contributed by atoms with van der Waals surface area (Å²) in [7, 11) is 0. The Morgan fingerprint density at radius 2 is 1.62 bits per heavy atom. The number of aromatic nitrogens is 2. The molecule has 1 saturated heterocycles. The number of aliphatic carboxylic acids is 2. The molecular weight excluding hydrogens is 623 g/mol. The Bertz CT molecular complexity index is 1590. The molecule has 3 heterocycles. The Labute approximate surface area is 268 Å². The maximum absolute atomic E-state index is 14.5. The van der Waals surface area contributed by atoms with Crippen molar-refractivity contribution in [3.8, 4) is 11.3 Å². The minimum absolute atomic E-state index is 0.0628. The van der Waals surface area contributed by atoms with Crippen molar-refractivity contribution in [1.82, 2.24) is 9.97 Å². The van der Waals surface area contributed by atoms with Crippen LogP contribution < -0.4 is 16.0 Å². The van der Waals surface area contributed by atoms with Crippen LogP contribution in [0, 0.1) is 23.4 Å². The number of hydrogen-bond acceptors (Lipinski definition) is 9.